The third kappa shape index (κ3) is 4.75. The SMILES string of the molecule is O=C1CCC(N2Cc3cc(OCC4CCCCN4Cc4cccc5c4OCCO5)ccc3C2=O)C(=O)N1. The zero-order chi connectivity index (χ0) is 25.4. The van der Waals surface area contributed by atoms with Gasteiger partial charge in [0, 0.05) is 36.7 Å². The fraction of sp³-hybridized carbons (Fsp3) is 0.464. The van der Waals surface area contributed by atoms with Gasteiger partial charge in [0.1, 0.15) is 31.6 Å². The van der Waals surface area contributed by atoms with Crippen LogP contribution >= 0.6 is 0 Å². The molecule has 194 valence electrons. The molecule has 0 aromatic heterocycles. The number of imide groups is 1. The quantitative estimate of drug-likeness (QED) is 0.603. The minimum atomic E-state index is -0.615. The van der Waals surface area contributed by atoms with Crippen molar-refractivity contribution in [3.8, 4) is 17.2 Å². The number of carbonyl (C=O) groups is 3. The van der Waals surface area contributed by atoms with Crippen molar-refractivity contribution >= 4 is 17.7 Å². The highest BCUT2D eigenvalue weighted by Gasteiger charge is 2.39. The number of hydrogen-bond donors (Lipinski definition) is 1. The molecular weight excluding hydrogens is 474 g/mol. The van der Waals surface area contributed by atoms with Crippen LogP contribution in [0.3, 0.4) is 0 Å². The summed E-state index contributed by atoms with van der Waals surface area (Å²) in [7, 11) is 0. The summed E-state index contributed by atoms with van der Waals surface area (Å²) in [5.41, 5.74) is 2.57. The van der Waals surface area contributed by atoms with E-state index in [4.69, 9.17) is 14.2 Å². The van der Waals surface area contributed by atoms with Gasteiger partial charge in [-0.15, -0.1) is 0 Å². The number of para-hydroxylation sites is 1. The number of carbonyl (C=O) groups excluding carboxylic acids is 3. The first-order valence-corrected chi connectivity index (χ1v) is 13.1. The summed E-state index contributed by atoms with van der Waals surface area (Å²) in [5.74, 6) is 1.52. The summed E-state index contributed by atoms with van der Waals surface area (Å²) in [6.45, 7) is 3.81. The van der Waals surface area contributed by atoms with Gasteiger partial charge in [-0.3, -0.25) is 24.6 Å². The van der Waals surface area contributed by atoms with E-state index in [9.17, 15) is 14.4 Å². The molecule has 1 N–H and O–H groups in total. The molecule has 9 heteroatoms. The Morgan fingerprint density at radius 2 is 1.92 bits per heavy atom. The Morgan fingerprint density at radius 3 is 2.81 bits per heavy atom. The minimum Gasteiger partial charge on any atom is -0.492 e. The van der Waals surface area contributed by atoms with Crippen LogP contribution in [0.5, 0.6) is 17.2 Å². The lowest BCUT2D eigenvalue weighted by Crippen LogP contribution is -2.52. The zero-order valence-electron chi connectivity index (χ0n) is 20.7. The largest absolute Gasteiger partial charge is 0.492 e. The number of hydrogen-bond acceptors (Lipinski definition) is 7. The number of ether oxygens (including phenoxy) is 3. The lowest BCUT2D eigenvalue weighted by molar-refractivity contribution is -0.136. The second-order valence-corrected chi connectivity index (χ2v) is 10.1. The van der Waals surface area contributed by atoms with Crippen LogP contribution < -0.4 is 19.5 Å². The summed E-state index contributed by atoms with van der Waals surface area (Å²) in [4.78, 5) is 40.8. The maximum absolute atomic E-state index is 13.0. The lowest BCUT2D eigenvalue weighted by Gasteiger charge is -2.36. The summed E-state index contributed by atoms with van der Waals surface area (Å²) >= 11 is 0. The fourth-order valence-corrected chi connectivity index (χ4v) is 5.77. The molecule has 0 aliphatic carbocycles. The van der Waals surface area contributed by atoms with Crippen LogP contribution in [0, 0.1) is 0 Å². The first-order valence-electron chi connectivity index (χ1n) is 13.1. The van der Waals surface area contributed by atoms with Gasteiger partial charge in [-0.2, -0.15) is 0 Å². The van der Waals surface area contributed by atoms with Crippen molar-refractivity contribution in [3.63, 3.8) is 0 Å². The number of fused-ring (bicyclic) bond motifs is 2. The molecule has 9 nitrogen and oxygen atoms in total. The molecule has 37 heavy (non-hydrogen) atoms. The van der Waals surface area contributed by atoms with Crippen molar-refractivity contribution in [1.29, 1.82) is 0 Å². The van der Waals surface area contributed by atoms with Gasteiger partial charge < -0.3 is 19.1 Å². The molecule has 0 bridgehead atoms. The second-order valence-electron chi connectivity index (χ2n) is 10.1. The third-order valence-electron chi connectivity index (χ3n) is 7.71. The molecule has 0 saturated carbocycles. The lowest BCUT2D eigenvalue weighted by atomic mass is 10.0. The van der Waals surface area contributed by atoms with Gasteiger partial charge in [0.15, 0.2) is 11.5 Å². The normalized spacial score (nSPS) is 23.6. The highest BCUT2D eigenvalue weighted by Crippen LogP contribution is 2.35. The second kappa shape index (κ2) is 10.0. The van der Waals surface area contributed by atoms with E-state index in [1.165, 1.54) is 0 Å². The van der Waals surface area contributed by atoms with Gasteiger partial charge in [0.2, 0.25) is 11.8 Å². The van der Waals surface area contributed by atoms with E-state index in [0.717, 1.165) is 60.7 Å². The van der Waals surface area contributed by atoms with Crippen molar-refractivity contribution in [2.75, 3.05) is 26.4 Å². The van der Waals surface area contributed by atoms with Gasteiger partial charge in [0.25, 0.3) is 5.91 Å². The fourth-order valence-electron chi connectivity index (χ4n) is 5.77. The van der Waals surface area contributed by atoms with Gasteiger partial charge >= 0.3 is 0 Å². The molecule has 3 amide bonds. The predicted molar refractivity (Wildman–Crippen MR) is 133 cm³/mol. The van der Waals surface area contributed by atoms with Crippen LogP contribution in [0.2, 0.25) is 0 Å². The van der Waals surface area contributed by atoms with Crippen LogP contribution in [-0.4, -0.2) is 66.0 Å². The van der Waals surface area contributed by atoms with Crippen LogP contribution in [0.15, 0.2) is 36.4 Å². The van der Waals surface area contributed by atoms with Crippen molar-refractivity contribution in [2.45, 2.75) is 57.3 Å². The average molecular weight is 506 g/mol. The molecule has 2 fully saturated rings. The first-order chi connectivity index (χ1) is 18.1. The van der Waals surface area contributed by atoms with Crippen LogP contribution in [0.4, 0.5) is 0 Å². The Kier molecular flexibility index (Phi) is 6.46. The van der Waals surface area contributed by atoms with Crippen LogP contribution in [0.1, 0.15) is 53.6 Å². The van der Waals surface area contributed by atoms with E-state index in [2.05, 4.69) is 16.3 Å². The van der Waals surface area contributed by atoms with E-state index < -0.39 is 11.9 Å². The maximum Gasteiger partial charge on any atom is 0.255 e. The van der Waals surface area contributed by atoms with Crippen molar-refractivity contribution in [3.05, 3.63) is 53.1 Å². The average Bonchev–Trinajstić information content (AvgIpc) is 3.23. The molecule has 2 aromatic carbocycles. The Labute approximate surface area is 215 Å². The molecule has 2 unspecified atom stereocenters. The summed E-state index contributed by atoms with van der Waals surface area (Å²) < 4.78 is 17.9. The molecule has 6 rings (SSSR count). The van der Waals surface area contributed by atoms with Gasteiger partial charge in [-0.1, -0.05) is 18.6 Å². The predicted octanol–water partition coefficient (Wildman–Crippen LogP) is 2.65. The molecule has 0 radical (unpaired) electrons. The Bertz CT molecular complexity index is 1230. The topological polar surface area (TPSA) is 97.4 Å². The molecule has 4 aliphatic rings. The molecule has 2 aromatic rings. The van der Waals surface area contributed by atoms with Gasteiger partial charge in [0.05, 0.1) is 0 Å². The molecule has 0 spiro atoms. The summed E-state index contributed by atoms with van der Waals surface area (Å²) in [6.07, 6.45) is 3.97. The highest BCUT2D eigenvalue weighted by molar-refractivity contribution is 6.05. The molecular formula is C28H31N3O6. The highest BCUT2D eigenvalue weighted by atomic mass is 16.6. The Morgan fingerprint density at radius 1 is 1.03 bits per heavy atom. The zero-order valence-corrected chi connectivity index (χ0v) is 20.7. The van der Waals surface area contributed by atoms with E-state index in [1.54, 1.807) is 11.0 Å². The summed E-state index contributed by atoms with van der Waals surface area (Å²) in [6, 6.07) is 11.2. The summed E-state index contributed by atoms with van der Waals surface area (Å²) in [5, 5.41) is 2.34. The molecule has 4 aliphatic heterocycles. The van der Waals surface area contributed by atoms with E-state index >= 15 is 0 Å². The number of rotatable bonds is 6. The van der Waals surface area contributed by atoms with Gasteiger partial charge in [-0.25, -0.2) is 0 Å². The van der Waals surface area contributed by atoms with Gasteiger partial charge in [-0.05, 0) is 55.6 Å². The number of nitrogens with one attached hydrogen (secondary N) is 1. The Balaban J connectivity index is 1.11. The number of benzene rings is 2. The molecule has 2 saturated heterocycles. The van der Waals surface area contributed by atoms with Crippen LogP contribution in [0.25, 0.3) is 0 Å². The minimum absolute atomic E-state index is 0.174. The molecule has 4 heterocycles. The van der Waals surface area contributed by atoms with Crippen molar-refractivity contribution in [1.82, 2.24) is 15.1 Å². The number of piperidine rings is 2. The van der Waals surface area contributed by atoms with E-state index in [0.29, 0.717) is 38.3 Å². The van der Waals surface area contributed by atoms with E-state index in [1.807, 2.05) is 24.3 Å². The third-order valence-corrected chi connectivity index (χ3v) is 7.71. The van der Waals surface area contributed by atoms with E-state index in [-0.39, 0.29) is 24.3 Å². The van der Waals surface area contributed by atoms with Crippen molar-refractivity contribution in [2.24, 2.45) is 0 Å². The number of amides is 3. The van der Waals surface area contributed by atoms with Crippen LogP contribution in [-0.2, 0) is 22.7 Å². The molecule has 2 atom stereocenters. The first kappa shape index (κ1) is 23.8. The number of nitrogens with zero attached hydrogens (tertiary/aromatic N) is 2. The smallest absolute Gasteiger partial charge is 0.255 e. The van der Waals surface area contributed by atoms with Crippen molar-refractivity contribution < 1.29 is 28.6 Å². The monoisotopic (exact) mass is 505 g/mol. The Hall–Kier alpha value is -3.59. The standard InChI is InChI=1S/C28H31N3O6/c32-25-10-9-23(27(33)29-25)31-16-19-14-21(7-8-22(19)28(31)34)37-17-20-5-1-2-11-30(20)15-18-4-3-6-24-26(18)36-13-12-35-24/h3-4,6-8,14,20,23H,1-2,5,9-13,15-17H2,(H,29,32,33). The maximum atomic E-state index is 13.0. The number of likely N-dealkylation sites (tertiary alicyclic amines) is 1.